The van der Waals surface area contributed by atoms with Gasteiger partial charge >= 0.3 is 0 Å². The highest BCUT2D eigenvalue weighted by Crippen LogP contribution is 2.46. The van der Waals surface area contributed by atoms with E-state index < -0.39 is 0 Å². The van der Waals surface area contributed by atoms with Gasteiger partial charge in [0.05, 0.1) is 16.7 Å². The Bertz CT molecular complexity index is 3150. The minimum absolute atomic E-state index is 0.872. The minimum atomic E-state index is 0.872. The van der Waals surface area contributed by atoms with Crippen LogP contribution in [0.2, 0.25) is 0 Å². The van der Waals surface area contributed by atoms with Crippen molar-refractivity contribution in [2.75, 3.05) is 4.90 Å². The van der Waals surface area contributed by atoms with Crippen molar-refractivity contribution in [3.63, 3.8) is 0 Å². The van der Waals surface area contributed by atoms with Gasteiger partial charge in [-0.05, 0) is 93.0 Å². The number of anilines is 3. The van der Waals surface area contributed by atoms with Crippen LogP contribution in [-0.2, 0) is 0 Å². The maximum atomic E-state index is 6.46. The van der Waals surface area contributed by atoms with Gasteiger partial charge in [-0.3, -0.25) is 0 Å². The summed E-state index contributed by atoms with van der Waals surface area (Å²) in [4.78, 5) is 2.40. The average molecular weight is 651 g/mol. The lowest BCUT2D eigenvalue weighted by atomic mass is 9.96. The Hall–Kier alpha value is -6.84. The van der Waals surface area contributed by atoms with Crippen molar-refractivity contribution in [3.05, 3.63) is 182 Å². The first-order chi connectivity index (χ1) is 25.3. The van der Waals surface area contributed by atoms with Crippen LogP contribution in [-0.4, -0.2) is 4.57 Å². The van der Waals surface area contributed by atoms with Crippen molar-refractivity contribution in [2.45, 2.75) is 0 Å². The Morgan fingerprint density at radius 3 is 1.84 bits per heavy atom. The van der Waals surface area contributed by atoms with E-state index in [9.17, 15) is 0 Å². The van der Waals surface area contributed by atoms with Gasteiger partial charge in [-0.25, -0.2) is 0 Å². The van der Waals surface area contributed by atoms with Gasteiger partial charge in [-0.15, -0.1) is 0 Å². The fourth-order valence-corrected chi connectivity index (χ4v) is 8.28. The molecule has 0 saturated carbocycles. The summed E-state index contributed by atoms with van der Waals surface area (Å²) < 4.78 is 8.84. The van der Waals surface area contributed by atoms with E-state index in [0.717, 1.165) is 50.2 Å². The second-order valence-electron chi connectivity index (χ2n) is 13.3. The molecule has 0 saturated heterocycles. The van der Waals surface area contributed by atoms with E-state index in [1.54, 1.807) is 0 Å². The highest BCUT2D eigenvalue weighted by molar-refractivity contribution is 6.19. The van der Waals surface area contributed by atoms with Gasteiger partial charge < -0.3 is 13.9 Å². The van der Waals surface area contributed by atoms with Crippen molar-refractivity contribution >= 4 is 93.1 Å². The number of rotatable bonds is 4. The number of hydrogen-bond donors (Lipinski definition) is 0. The van der Waals surface area contributed by atoms with Crippen LogP contribution in [0.5, 0.6) is 0 Å². The van der Waals surface area contributed by atoms with Gasteiger partial charge in [-0.1, -0.05) is 115 Å². The summed E-state index contributed by atoms with van der Waals surface area (Å²) in [6.07, 6.45) is 0. The lowest BCUT2D eigenvalue weighted by molar-refractivity contribution is 0.669. The summed E-state index contributed by atoms with van der Waals surface area (Å²) >= 11 is 0. The molecule has 2 heterocycles. The zero-order valence-electron chi connectivity index (χ0n) is 27.6. The van der Waals surface area contributed by atoms with E-state index in [1.807, 2.05) is 12.1 Å². The number of hydrogen-bond acceptors (Lipinski definition) is 2. The van der Waals surface area contributed by atoms with Crippen molar-refractivity contribution in [1.29, 1.82) is 0 Å². The third kappa shape index (κ3) is 4.19. The van der Waals surface area contributed by atoms with Crippen LogP contribution in [0.25, 0.3) is 81.7 Å². The standard InChI is InChI=1S/C48H30N2O/c1-2-12-33(13-3-1)50-43-17-8-6-16-42(43)48-44(18-10-19-45(48)50)49(35-24-28-41-40-15-7-9-20-46(40)51-47(41)30-35)34-23-27-37-32(29-34)22-26-38-36-14-5-4-11-31(36)21-25-39(37)38/h1-30H. The lowest BCUT2D eigenvalue weighted by Gasteiger charge is -2.27. The monoisotopic (exact) mass is 650 g/mol. The molecule has 0 aliphatic heterocycles. The molecule has 0 aliphatic carbocycles. The van der Waals surface area contributed by atoms with Crippen LogP contribution in [0, 0.1) is 0 Å². The van der Waals surface area contributed by atoms with Crippen LogP contribution < -0.4 is 4.90 Å². The highest BCUT2D eigenvalue weighted by Gasteiger charge is 2.22. The molecule has 0 unspecified atom stereocenters. The molecule has 0 fully saturated rings. The Balaban J connectivity index is 1.20. The predicted octanol–water partition coefficient (Wildman–Crippen LogP) is 13.6. The van der Waals surface area contributed by atoms with Gasteiger partial charge in [0.1, 0.15) is 11.2 Å². The van der Waals surface area contributed by atoms with E-state index in [1.165, 1.54) is 48.6 Å². The maximum Gasteiger partial charge on any atom is 0.137 e. The Labute approximate surface area is 293 Å². The molecule has 0 aliphatic rings. The summed E-state index contributed by atoms with van der Waals surface area (Å²) in [7, 11) is 0. The molecule has 0 bridgehead atoms. The quantitative estimate of drug-likeness (QED) is 0.177. The van der Waals surface area contributed by atoms with Crippen molar-refractivity contribution in [1.82, 2.24) is 4.57 Å². The molecule has 0 amide bonds. The van der Waals surface area contributed by atoms with Crippen molar-refractivity contribution < 1.29 is 4.42 Å². The van der Waals surface area contributed by atoms with Crippen LogP contribution in [0.4, 0.5) is 17.1 Å². The Morgan fingerprint density at radius 1 is 0.373 bits per heavy atom. The van der Waals surface area contributed by atoms with E-state index >= 15 is 0 Å². The Morgan fingerprint density at radius 2 is 0.980 bits per heavy atom. The van der Waals surface area contributed by atoms with Crippen molar-refractivity contribution in [2.24, 2.45) is 0 Å². The molecule has 11 aromatic rings. The summed E-state index contributed by atoms with van der Waals surface area (Å²) in [6, 6.07) is 65.6. The molecule has 0 radical (unpaired) electrons. The normalized spacial score (nSPS) is 11.9. The molecule has 0 atom stereocenters. The maximum absolute atomic E-state index is 6.46. The largest absolute Gasteiger partial charge is 0.456 e. The molecule has 3 heteroatoms. The second-order valence-corrected chi connectivity index (χ2v) is 13.3. The zero-order chi connectivity index (χ0) is 33.5. The molecule has 11 rings (SSSR count). The van der Waals surface area contributed by atoms with Crippen LogP contribution in [0.3, 0.4) is 0 Å². The predicted molar refractivity (Wildman–Crippen MR) is 215 cm³/mol. The first kappa shape index (κ1) is 28.0. The summed E-state index contributed by atoms with van der Waals surface area (Å²) in [5, 5.41) is 12.2. The topological polar surface area (TPSA) is 21.3 Å². The summed E-state index contributed by atoms with van der Waals surface area (Å²) in [5.74, 6) is 0. The van der Waals surface area contributed by atoms with E-state index in [4.69, 9.17) is 4.42 Å². The minimum Gasteiger partial charge on any atom is -0.456 e. The number of nitrogens with zero attached hydrogens (tertiary/aromatic N) is 2. The van der Waals surface area contributed by atoms with E-state index in [-0.39, 0.29) is 0 Å². The van der Waals surface area contributed by atoms with Gasteiger partial charge in [0.2, 0.25) is 0 Å². The molecule has 51 heavy (non-hydrogen) atoms. The summed E-state index contributed by atoms with van der Waals surface area (Å²) in [6.45, 7) is 0. The second kappa shape index (κ2) is 10.8. The molecular weight excluding hydrogens is 621 g/mol. The number of fused-ring (bicyclic) bond motifs is 11. The highest BCUT2D eigenvalue weighted by atomic mass is 16.3. The lowest BCUT2D eigenvalue weighted by Crippen LogP contribution is -2.10. The van der Waals surface area contributed by atoms with Gasteiger partial charge in [0.15, 0.2) is 0 Å². The van der Waals surface area contributed by atoms with Crippen molar-refractivity contribution in [3.8, 4) is 5.69 Å². The number of furan rings is 1. The molecule has 0 spiro atoms. The van der Waals surface area contributed by atoms with Gasteiger partial charge in [0.25, 0.3) is 0 Å². The third-order valence-electron chi connectivity index (χ3n) is 10.5. The van der Waals surface area contributed by atoms with E-state index in [2.05, 4.69) is 179 Å². The fourth-order valence-electron chi connectivity index (χ4n) is 8.28. The van der Waals surface area contributed by atoms with E-state index in [0.29, 0.717) is 0 Å². The number of benzene rings is 9. The molecule has 0 N–H and O–H groups in total. The average Bonchev–Trinajstić information content (AvgIpc) is 3.74. The molecule has 3 nitrogen and oxygen atoms in total. The summed E-state index contributed by atoms with van der Waals surface area (Å²) in [5.41, 5.74) is 8.48. The SMILES string of the molecule is c1ccc(-n2c3ccccc3c3c(N(c4ccc5c(ccc6c7ccccc7ccc56)c4)c4ccc5c(c4)oc4ccccc45)cccc32)cc1. The third-order valence-corrected chi connectivity index (χ3v) is 10.5. The molecule has 238 valence electrons. The Kier molecular flexibility index (Phi) is 5.96. The number of aromatic nitrogens is 1. The smallest absolute Gasteiger partial charge is 0.137 e. The first-order valence-corrected chi connectivity index (χ1v) is 17.4. The fraction of sp³-hybridized carbons (Fsp3) is 0. The van der Waals surface area contributed by atoms with Gasteiger partial charge in [0, 0.05) is 44.7 Å². The zero-order valence-corrected chi connectivity index (χ0v) is 27.6. The molecular formula is C48H30N2O. The van der Waals surface area contributed by atoms with Gasteiger partial charge in [-0.2, -0.15) is 0 Å². The van der Waals surface area contributed by atoms with Crippen LogP contribution in [0.15, 0.2) is 186 Å². The molecule has 2 aromatic heterocycles. The number of para-hydroxylation sites is 3. The van der Waals surface area contributed by atoms with Crippen LogP contribution in [0.1, 0.15) is 0 Å². The van der Waals surface area contributed by atoms with Crippen LogP contribution >= 0.6 is 0 Å². The molecule has 9 aromatic carbocycles. The first-order valence-electron chi connectivity index (χ1n) is 17.4.